The fraction of sp³-hybridized carbons (Fsp3) is 0.588. The summed E-state index contributed by atoms with van der Waals surface area (Å²) in [6.07, 6.45) is 4.35. The lowest BCUT2D eigenvalue weighted by atomic mass is 9.82. The highest BCUT2D eigenvalue weighted by atomic mass is 32.1. The first-order chi connectivity index (χ1) is 10.1. The summed E-state index contributed by atoms with van der Waals surface area (Å²) in [5.41, 5.74) is 0.539. The van der Waals surface area contributed by atoms with E-state index in [0.717, 1.165) is 31.4 Å². The van der Waals surface area contributed by atoms with Crippen molar-refractivity contribution in [2.45, 2.75) is 39.5 Å². The van der Waals surface area contributed by atoms with Crippen LogP contribution in [0.2, 0.25) is 0 Å². The Morgan fingerprint density at radius 3 is 2.33 bits per heavy atom. The van der Waals surface area contributed by atoms with E-state index in [4.69, 9.17) is 9.47 Å². The van der Waals surface area contributed by atoms with Crippen LogP contribution in [0.4, 0.5) is 0 Å². The van der Waals surface area contributed by atoms with Gasteiger partial charge in [0.1, 0.15) is 11.3 Å². The predicted octanol–water partition coefficient (Wildman–Crippen LogP) is 4.37. The fourth-order valence-electron chi connectivity index (χ4n) is 2.64. The smallest absolute Gasteiger partial charge is 0.341 e. The minimum atomic E-state index is -0.368. The van der Waals surface area contributed by atoms with E-state index in [9.17, 15) is 4.79 Å². The summed E-state index contributed by atoms with van der Waals surface area (Å²) < 4.78 is 10.8. The van der Waals surface area contributed by atoms with Crippen molar-refractivity contribution in [2.24, 2.45) is 5.41 Å². The molecule has 21 heavy (non-hydrogen) atoms. The number of carbonyl (C=O) groups is 1. The molecule has 0 radical (unpaired) electrons. The van der Waals surface area contributed by atoms with Gasteiger partial charge in [0.2, 0.25) is 0 Å². The average Bonchev–Trinajstić information content (AvgIpc) is 2.52. The van der Waals surface area contributed by atoms with Gasteiger partial charge < -0.3 is 9.47 Å². The summed E-state index contributed by atoms with van der Waals surface area (Å²) in [4.78, 5) is 11.8. The monoisotopic (exact) mass is 310 g/mol. The number of rotatable bonds is 9. The number of para-hydroxylation sites is 1. The molecule has 4 heteroatoms. The van der Waals surface area contributed by atoms with Gasteiger partial charge in [0.15, 0.2) is 0 Å². The van der Waals surface area contributed by atoms with Crippen molar-refractivity contribution in [2.75, 3.05) is 19.5 Å². The van der Waals surface area contributed by atoms with Crippen LogP contribution in [0.5, 0.6) is 5.75 Å². The minimum absolute atomic E-state index is 0.0653. The van der Waals surface area contributed by atoms with E-state index in [1.807, 2.05) is 18.2 Å². The van der Waals surface area contributed by atoms with Gasteiger partial charge >= 0.3 is 5.97 Å². The number of ether oxygens (including phenoxy) is 2. The van der Waals surface area contributed by atoms with Crippen molar-refractivity contribution >= 4 is 18.6 Å². The predicted molar refractivity (Wildman–Crippen MR) is 89.4 cm³/mol. The Morgan fingerprint density at radius 2 is 1.81 bits per heavy atom. The van der Waals surface area contributed by atoms with Crippen LogP contribution in [0.15, 0.2) is 24.3 Å². The van der Waals surface area contributed by atoms with Crippen LogP contribution >= 0.6 is 12.6 Å². The quantitative estimate of drug-likeness (QED) is 0.543. The Balaban J connectivity index is 2.87. The molecule has 1 rings (SSSR count). The van der Waals surface area contributed by atoms with Gasteiger partial charge in [-0.3, -0.25) is 0 Å². The minimum Gasteiger partial charge on any atom is -0.492 e. The zero-order valence-electron chi connectivity index (χ0n) is 13.2. The van der Waals surface area contributed by atoms with Crippen LogP contribution in [0, 0.1) is 5.41 Å². The molecule has 3 nitrogen and oxygen atoms in total. The van der Waals surface area contributed by atoms with Gasteiger partial charge in [-0.05, 0) is 30.7 Å². The third-order valence-electron chi connectivity index (χ3n) is 3.72. The number of carbonyl (C=O) groups excluding carboxylic acids is 1. The Morgan fingerprint density at radius 1 is 1.19 bits per heavy atom. The molecule has 0 aliphatic rings. The molecule has 0 saturated heterocycles. The third-order valence-corrected chi connectivity index (χ3v) is 4.39. The molecular weight excluding hydrogens is 284 g/mol. The molecule has 0 fully saturated rings. The number of methoxy groups -OCH3 is 1. The van der Waals surface area contributed by atoms with E-state index < -0.39 is 0 Å². The lowest BCUT2D eigenvalue weighted by molar-refractivity contribution is 0.0591. The average molecular weight is 310 g/mol. The zero-order chi connectivity index (χ0) is 15.7. The van der Waals surface area contributed by atoms with E-state index in [1.165, 1.54) is 7.11 Å². The van der Waals surface area contributed by atoms with E-state index >= 15 is 0 Å². The summed E-state index contributed by atoms with van der Waals surface area (Å²) in [7, 11) is 1.38. The molecule has 0 aliphatic carbocycles. The summed E-state index contributed by atoms with van der Waals surface area (Å²) in [5.74, 6) is 1.01. The maximum Gasteiger partial charge on any atom is 0.341 e. The molecule has 0 atom stereocenters. The normalized spacial score (nSPS) is 11.2. The maximum atomic E-state index is 11.8. The topological polar surface area (TPSA) is 35.5 Å². The van der Waals surface area contributed by atoms with Crippen molar-refractivity contribution in [3.63, 3.8) is 0 Å². The van der Waals surface area contributed by atoms with Gasteiger partial charge in [0.25, 0.3) is 0 Å². The van der Waals surface area contributed by atoms with Crippen molar-refractivity contribution in [1.82, 2.24) is 0 Å². The highest BCUT2D eigenvalue weighted by molar-refractivity contribution is 7.80. The van der Waals surface area contributed by atoms with Crippen molar-refractivity contribution in [3.05, 3.63) is 29.8 Å². The second-order valence-electron chi connectivity index (χ2n) is 5.43. The Hall–Kier alpha value is -1.16. The Labute approximate surface area is 133 Å². The molecule has 0 aromatic heterocycles. The lowest BCUT2D eigenvalue weighted by Crippen LogP contribution is -2.31. The molecular formula is C17H26O3S. The number of benzene rings is 1. The van der Waals surface area contributed by atoms with Crippen LogP contribution in [-0.2, 0) is 4.74 Å². The SMILES string of the molecule is CCCC(CS)(CCC)COc1ccccc1C(=O)OC. The summed E-state index contributed by atoms with van der Waals surface area (Å²) in [6, 6.07) is 7.21. The van der Waals surface area contributed by atoms with Crippen molar-refractivity contribution in [1.29, 1.82) is 0 Å². The first-order valence-corrected chi connectivity index (χ1v) is 8.16. The molecule has 0 bridgehead atoms. The number of thiol groups is 1. The van der Waals surface area contributed by atoms with Crippen LogP contribution in [0.3, 0.4) is 0 Å². The fourth-order valence-corrected chi connectivity index (χ4v) is 3.04. The molecule has 0 aliphatic heterocycles. The molecule has 0 amide bonds. The first kappa shape index (κ1) is 17.9. The molecule has 0 saturated carbocycles. The molecule has 1 aromatic rings. The molecule has 0 spiro atoms. The van der Waals surface area contributed by atoms with Gasteiger partial charge in [-0.2, -0.15) is 12.6 Å². The second kappa shape index (κ2) is 8.98. The first-order valence-electron chi connectivity index (χ1n) is 7.53. The van der Waals surface area contributed by atoms with Gasteiger partial charge in [0.05, 0.1) is 13.7 Å². The Kier molecular flexibility index (Phi) is 7.65. The summed E-state index contributed by atoms with van der Waals surface area (Å²) >= 11 is 4.53. The third kappa shape index (κ3) is 4.95. The molecule has 0 N–H and O–H groups in total. The van der Waals surface area contributed by atoms with Crippen LogP contribution in [0.1, 0.15) is 49.9 Å². The summed E-state index contributed by atoms with van der Waals surface area (Å²) in [6.45, 7) is 4.93. The highest BCUT2D eigenvalue weighted by Gasteiger charge is 2.28. The molecule has 1 aromatic carbocycles. The van der Waals surface area contributed by atoms with E-state index in [0.29, 0.717) is 17.9 Å². The van der Waals surface area contributed by atoms with Crippen LogP contribution < -0.4 is 4.74 Å². The lowest BCUT2D eigenvalue weighted by Gasteiger charge is -2.32. The second-order valence-corrected chi connectivity index (χ2v) is 5.75. The molecule has 118 valence electrons. The summed E-state index contributed by atoms with van der Waals surface area (Å²) in [5, 5.41) is 0. The zero-order valence-corrected chi connectivity index (χ0v) is 14.1. The van der Waals surface area contributed by atoms with Gasteiger partial charge in [0, 0.05) is 5.41 Å². The number of hydrogen-bond acceptors (Lipinski definition) is 4. The van der Waals surface area contributed by atoms with Gasteiger partial charge in [-0.1, -0.05) is 38.8 Å². The molecule has 0 unspecified atom stereocenters. The highest BCUT2D eigenvalue weighted by Crippen LogP contribution is 2.33. The Bertz CT molecular complexity index is 439. The van der Waals surface area contributed by atoms with Crippen LogP contribution in [-0.4, -0.2) is 25.4 Å². The number of esters is 1. The van der Waals surface area contributed by atoms with E-state index in [-0.39, 0.29) is 11.4 Å². The molecule has 0 heterocycles. The van der Waals surface area contributed by atoms with Crippen LogP contribution in [0.25, 0.3) is 0 Å². The van der Waals surface area contributed by atoms with E-state index in [1.54, 1.807) is 6.07 Å². The van der Waals surface area contributed by atoms with Gasteiger partial charge in [-0.15, -0.1) is 0 Å². The maximum absolute atomic E-state index is 11.8. The van der Waals surface area contributed by atoms with E-state index in [2.05, 4.69) is 26.5 Å². The number of hydrogen-bond donors (Lipinski definition) is 1. The largest absolute Gasteiger partial charge is 0.492 e. The standard InChI is InChI=1S/C17H26O3S/c1-4-10-17(13-21,11-5-2)12-20-15-9-7-6-8-14(15)16(18)19-3/h6-9,21H,4-5,10-13H2,1-3H3. The van der Waals surface area contributed by atoms with Crippen molar-refractivity contribution < 1.29 is 14.3 Å². The van der Waals surface area contributed by atoms with Crippen molar-refractivity contribution in [3.8, 4) is 5.75 Å². The van der Waals surface area contributed by atoms with Gasteiger partial charge in [-0.25, -0.2) is 4.79 Å².